The third-order valence-electron chi connectivity index (χ3n) is 3.80. The summed E-state index contributed by atoms with van der Waals surface area (Å²) in [6, 6.07) is 14.9. The smallest absolute Gasteiger partial charge is 0.133 e. The fourth-order valence-electron chi connectivity index (χ4n) is 2.19. The van der Waals surface area contributed by atoms with Crippen LogP contribution in [0.1, 0.15) is 37.3 Å². The first kappa shape index (κ1) is 15.9. The van der Waals surface area contributed by atoms with Crippen LogP contribution in [0.3, 0.4) is 0 Å². The van der Waals surface area contributed by atoms with E-state index in [9.17, 15) is 0 Å². The molecule has 1 unspecified atom stereocenters. The third-order valence-corrected chi connectivity index (χ3v) is 4.42. The Morgan fingerprint density at radius 2 is 1.86 bits per heavy atom. The van der Waals surface area contributed by atoms with Crippen molar-refractivity contribution in [3.05, 3.63) is 58.1 Å². The van der Waals surface area contributed by atoms with Gasteiger partial charge < -0.3 is 10.1 Å². The molecular weight excluding hydrogens is 326 g/mol. The van der Waals surface area contributed by atoms with Gasteiger partial charge >= 0.3 is 0 Å². The molecule has 21 heavy (non-hydrogen) atoms. The molecule has 112 valence electrons. The lowest BCUT2D eigenvalue weighted by Gasteiger charge is -2.12. The van der Waals surface area contributed by atoms with Crippen molar-refractivity contribution in [2.45, 2.75) is 32.7 Å². The van der Waals surface area contributed by atoms with Crippen LogP contribution >= 0.6 is 15.9 Å². The van der Waals surface area contributed by atoms with Gasteiger partial charge in [-0.05, 0) is 63.7 Å². The zero-order valence-corrected chi connectivity index (χ0v) is 14.4. The van der Waals surface area contributed by atoms with Crippen molar-refractivity contribution in [2.75, 3.05) is 12.4 Å². The van der Waals surface area contributed by atoms with Gasteiger partial charge in [0.05, 0.1) is 11.6 Å². The molecule has 0 saturated heterocycles. The topological polar surface area (TPSA) is 21.3 Å². The molecule has 2 nitrogen and oxygen atoms in total. The number of ether oxygens (including phenoxy) is 1. The zero-order valence-electron chi connectivity index (χ0n) is 12.8. The number of hydrogen-bond donors (Lipinski definition) is 1. The van der Waals surface area contributed by atoms with E-state index in [1.54, 1.807) is 7.11 Å². The van der Waals surface area contributed by atoms with Crippen molar-refractivity contribution < 1.29 is 4.74 Å². The zero-order chi connectivity index (χ0) is 15.2. The summed E-state index contributed by atoms with van der Waals surface area (Å²) in [7, 11) is 1.68. The summed E-state index contributed by atoms with van der Waals surface area (Å²) in [4.78, 5) is 0. The summed E-state index contributed by atoms with van der Waals surface area (Å²) in [5, 5.41) is 3.45. The SMILES string of the molecule is CCC(C)c1ccc(NCc2ccc(OC)c(Br)c2)cc1. The Morgan fingerprint density at radius 1 is 1.14 bits per heavy atom. The lowest BCUT2D eigenvalue weighted by Crippen LogP contribution is -2.00. The van der Waals surface area contributed by atoms with Crippen molar-refractivity contribution in [2.24, 2.45) is 0 Å². The summed E-state index contributed by atoms with van der Waals surface area (Å²) < 4.78 is 6.22. The molecule has 0 radical (unpaired) electrons. The number of halogens is 1. The maximum Gasteiger partial charge on any atom is 0.133 e. The Morgan fingerprint density at radius 3 is 2.43 bits per heavy atom. The monoisotopic (exact) mass is 347 g/mol. The number of methoxy groups -OCH3 is 1. The Kier molecular flexibility index (Phi) is 5.68. The molecule has 0 amide bonds. The summed E-state index contributed by atoms with van der Waals surface area (Å²) in [5.74, 6) is 1.48. The van der Waals surface area contributed by atoms with E-state index >= 15 is 0 Å². The first-order valence-electron chi connectivity index (χ1n) is 7.30. The molecule has 0 saturated carbocycles. The van der Waals surface area contributed by atoms with E-state index in [0.29, 0.717) is 5.92 Å². The molecule has 3 heteroatoms. The van der Waals surface area contributed by atoms with Crippen LogP contribution in [0.4, 0.5) is 5.69 Å². The Labute approximate surface area is 135 Å². The molecule has 0 aromatic heterocycles. The second-order valence-electron chi connectivity index (χ2n) is 5.25. The van der Waals surface area contributed by atoms with Gasteiger partial charge in [-0.3, -0.25) is 0 Å². The predicted octanol–water partition coefficient (Wildman–Crippen LogP) is 5.58. The van der Waals surface area contributed by atoms with Crippen molar-refractivity contribution >= 4 is 21.6 Å². The quantitative estimate of drug-likeness (QED) is 0.735. The van der Waals surface area contributed by atoms with Crippen molar-refractivity contribution in [1.29, 1.82) is 0 Å². The molecular formula is C18H22BrNO. The minimum atomic E-state index is 0.622. The van der Waals surface area contributed by atoms with Crippen LogP contribution in [-0.4, -0.2) is 7.11 Å². The Hall–Kier alpha value is -1.48. The van der Waals surface area contributed by atoms with Gasteiger partial charge in [0.15, 0.2) is 0 Å². The molecule has 0 aliphatic heterocycles. The Bertz CT molecular complexity index is 580. The molecule has 0 aliphatic rings. The van der Waals surface area contributed by atoms with Crippen LogP contribution in [0, 0.1) is 0 Å². The summed E-state index contributed by atoms with van der Waals surface area (Å²) >= 11 is 3.51. The maximum atomic E-state index is 5.24. The molecule has 0 spiro atoms. The highest BCUT2D eigenvalue weighted by Gasteiger charge is 2.03. The average molecular weight is 348 g/mol. The molecule has 2 aromatic carbocycles. The van der Waals surface area contributed by atoms with E-state index in [-0.39, 0.29) is 0 Å². The first-order chi connectivity index (χ1) is 10.1. The van der Waals surface area contributed by atoms with Gasteiger partial charge in [-0.25, -0.2) is 0 Å². The molecule has 1 N–H and O–H groups in total. The molecule has 0 aliphatic carbocycles. The summed E-state index contributed by atoms with van der Waals surface area (Å²) in [5.41, 5.74) is 3.76. The second kappa shape index (κ2) is 7.51. The van der Waals surface area contributed by atoms with Gasteiger partial charge in [0.1, 0.15) is 5.75 Å². The molecule has 0 bridgehead atoms. The highest BCUT2D eigenvalue weighted by atomic mass is 79.9. The fourth-order valence-corrected chi connectivity index (χ4v) is 2.78. The van der Waals surface area contributed by atoms with Gasteiger partial charge in [-0.1, -0.05) is 32.0 Å². The van der Waals surface area contributed by atoms with E-state index in [1.807, 2.05) is 6.07 Å². The standard InChI is InChI=1S/C18H22BrNO/c1-4-13(2)15-6-8-16(9-7-15)20-12-14-5-10-18(21-3)17(19)11-14/h5-11,13,20H,4,12H2,1-3H3. The van der Waals surface area contributed by atoms with Gasteiger partial charge in [0.25, 0.3) is 0 Å². The second-order valence-corrected chi connectivity index (χ2v) is 6.11. The lowest BCUT2D eigenvalue weighted by atomic mass is 9.99. The van der Waals surface area contributed by atoms with E-state index in [4.69, 9.17) is 4.74 Å². The molecule has 0 heterocycles. The van der Waals surface area contributed by atoms with Crippen LogP contribution in [0.15, 0.2) is 46.9 Å². The van der Waals surface area contributed by atoms with Crippen LogP contribution in [0.25, 0.3) is 0 Å². The normalized spacial score (nSPS) is 12.0. The van der Waals surface area contributed by atoms with E-state index < -0.39 is 0 Å². The highest BCUT2D eigenvalue weighted by molar-refractivity contribution is 9.10. The van der Waals surface area contributed by atoms with Gasteiger partial charge in [-0.2, -0.15) is 0 Å². The molecule has 2 aromatic rings. The largest absolute Gasteiger partial charge is 0.496 e. The number of anilines is 1. The van der Waals surface area contributed by atoms with Crippen molar-refractivity contribution in [1.82, 2.24) is 0 Å². The van der Waals surface area contributed by atoms with E-state index in [2.05, 4.69) is 71.5 Å². The van der Waals surface area contributed by atoms with Crippen LogP contribution < -0.4 is 10.1 Å². The molecule has 1 atom stereocenters. The minimum Gasteiger partial charge on any atom is -0.496 e. The highest BCUT2D eigenvalue weighted by Crippen LogP contribution is 2.26. The predicted molar refractivity (Wildman–Crippen MR) is 93.2 cm³/mol. The maximum absolute atomic E-state index is 5.24. The van der Waals surface area contributed by atoms with Gasteiger partial charge in [0.2, 0.25) is 0 Å². The van der Waals surface area contributed by atoms with Gasteiger partial charge in [0, 0.05) is 12.2 Å². The minimum absolute atomic E-state index is 0.622. The van der Waals surface area contributed by atoms with E-state index in [1.165, 1.54) is 17.5 Å². The Balaban J connectivity index is 1.98. The van der Waals surface area contributed by atoms with Crippen LogP contribution in [0.2, 0.25) is 0 Å². The third kappa shape index (κ3) is 4.24. The van der Waals surface area contributed by atoms with Crippen molar-refractivity contribution in [3.8, 4) is 5.75 Å². The molecule has 2 rings (SSSR count). The fraction of sp³-hybridized carbons (Fsp3) is 0.333. The van der Waals surface area contributed by atoms with E-state index in [0.717, 1.165) is 22.5 Å². The molecule has 0 fully saturated rings. The summed E-state index contributed by atoms with van der Waals surface area (Å²) in [6.45, 7) is 5.28. The number of nitrogens with one attached hydrogen (secondary N) is 1. The lowest BCUT2D eigenvalue weighted by molar-refractivity contribution is 0.412. The number of hydrogen-bond acceptors (Lipinski definition) is 2. The average Bonchev–Trinajstić information content (AvgIpc) is 2.52. The van der Waals surface area contributed by atoms with Crippen molar-refractivity contribution in [3.63, 3.8) is 0 Å². The van der Waals surface area contributed by atoms with Crippen LogP contribution in [-0.2, 0) is 6.54 Å². The van der Waals surface area contributed by atoms with Crippen LogP contribution in [0.5, 0.6) is 5.75 Å². The number of rotatable bonds is 6. The van der Waals surface area contributed by atoms with Gasteiger partial charge in [-0.15, -0.1) is 0 Å². The number of benzene rings is 2. The summed E-state index contributed by atoms with van der Waals surface area (Å²) in [6.07, 6.45) is 1.17. The first-order valence-corrected chi connectivity index (χ1v) is 8.09.